The second kappa shape index (κ2) is 11.0. The van der Waals surface area contributed by atoms with Crippen LogP contribution in [0, 0.1) is 11.8 Å². The highest BCUT2D eigenvalue weighted by Gasteiger charge is 2.30. The number of aromatic hydroxyl groups is 1. The lowest BCUT2D eigenvalue weighted by Gasteiger charge is -2.14. The van der Waals surface area contributed by atoms with Gasteiger partial charge in [-0.3, -0.25) is 19.4 Å². The van der Waals surface area contributed by atoms with E-state index in [-0.39, 0.29) is 35.1 Å². The zero-order chi connectivity index (χ0) is 26.5. The highest BCUT2D eigenvalue weighted by molar-refractivity contribution is 6.02. The van der Waals surface area contributed by atoms with E-state index in [1.165, 1.54) is 16.8 Å². The quantitative estimate of drug-likeness (QED) is 0.297. The summed E-state index contributed by atoms with van der Waals surface area (Å²) in [5.74, 6) is 5.57. The standard InChI is InChI=1S/C26H28N6O5/c1-15(2)27-26(36)37-19-10-8-17(11-19)21-13-24(30-29-21)28-25(35)22-12-18(31-32(22)3)9-7-16-5-4-6-23(34)20(16)14-33/h4-6,12-15,17,19,34H,8,10-11H2,1-3H3,(H,27,36)(H2,28,29,30,35)/t17-,19?/m0/s1. The first-order valence-electron chi connectivity index (χ1n) is 11.9. The zero-order valence-corrected chi connectivity index (χ0v) is 20.7. The number of benzene rings is 1. The molecule has 1 unspecified atom stereocenters. The molecule has 11 nitrogen and oxygen atoms in total. The summed E-state index contributed by atoms with van der Waals surface area (Å²) in [6.45, 7) is 3.75. The van der Waals surface area contributed by atoms with Crippen LogP contribution < -0.4 is 10.6 Å². The fraction of sp³-hybridized carbons (Fsp3) is 0.346. The molecule has 11 heteroatoms. The molecule has 0 radical (unpaired) electrons. The molecule has 2 heterocycles. The van der Waals surface area contributed by atoms with E-state index in [0.29, 0.717) is 29.8 Å². The van der Waals surface area contributed by atoms with Crippen molar-refractivity contribution in [2.45, 2.75) is 51.2 Å². The molecule has 1 aromatic carbocycles. The summed E-state index contributed by atoms with van der Waals surface area (Å²) in [5.41, 5.74) is 1.91. The van der Waals surface area contributed by atoms with Crippen molar-refractivity contribution < 1.29 is 24.2 Å². The number of anilines is 1. The third-order valence-corrected chi connectivity index (χ3v) is 5.98. The number of ether oxygens (including phenoxy) is 1. The number of aromatic nitrogens is 4. The number of nitrogens with one attached hydrogen (secondary N) is 3. The molecule has 192 valence electrons. The number of rotatable bonds is 6. The van der Waals surface area contributed by atoms with E-state index >= 15 is 0 Å². The number of phenols is 1. The summed E-state index contributed by atoms with van der Waals surface area (Å²) in [5, 5.41) is 26.7. The molecule has 0 saturated heterocycles. The van der Waals surface area contributed by atoms with Gasteiger partial charge in [0.2, 0.25) is 0 Å². The maximum absolute atomic E-state index is 12.8. The molecule has 2 amide bonds. The predicted molar refractivity (Wildman–Crippen MR) is 134 cm³/mol. The summed E-state index contributed by atoms with van der Waals surface area (Å²) >= 11 is 0. The molecule has 37 heavy (non-hydrogen) atoms. The van der Waals surface area contributed by atoms with E-state index in [1.807, 2.05) is 13.8 Å². The van der Waals surface area contributed by atoms with Gasteiger partial charge in [-0.25, -0.2) is 4.79 Å². The molecule has 4 N–H and O–H groups in total. The number of aldehydes is 1. The summed E-state index contributed by atoms with van der Waals surface area (Å²) in [6, 6.07) is 7.92. The smallest absolute Gasteiger partial charge is 0.407 e. The van der Waals surface area contributed by atoms with Gasteiger partial charge in [0.15, 0.2) is 12.1 Å². The van der Waals surface area contributed by atoms with Gasteiger partial charge in [-0.05, 0) is 51.2 Å². The number of hydrogen-bond donors (Lipinski definition) is 4. The second-order valence-electron chi connectivity index (χ2n) is 9.14. The van der Waals surface area contributed by atoms with Crippen LogP contribution in [-0.4, -0.2) is 55.5 Å². The van der Waals surface area contributed by atoms with Crippen molar-refractivity contribution in [3.05, 3.63) is 58.5 Å². The van der Waals surface area contributed by atoms with Crippen molar-refractivity contribution in [3.8, 4) is 17.6 Å². The fourth-order valence-electron chi connectivity index (χ4n) is 4.20. The third-order valence-electron chi connectivity index (χ3n) is 5.98. The van der Waals surface area contributed by atoms with E-state index in [4.69, 9.17) is 4.74 Å². The first-order valence-corrected chi connectivity index (χ1v) is 11.9. The Bertz CT molecular complexity index is 1380. The van der Waals surface area contributed by atoms with Crippen LogP contribution in [0.25, 0.3) is 0 Å². The van der Waals surface area contributed by atoms with Crippen LogP contribution in [0.1, 0.15) is 76.8 Å². The Labute approximate surface area is 213 Å². The minimum absolute atomic E-state index is 0.0136. The second-order valence-corrected chi connectivity index (χ2v) is 9.14. The molecule has 1 aliphatic carbocycles. The molecule has 0 spiro atoms. The summed E-state index contributed by atoms with van der Waals surface area (Å²) in [7, 11) is 1.62. The topological polar surface area (TPSA) is 151 Å². The van der Waals surface area contributed by atoms with Crippen LogP contribution in [0.15, 0.2) is 30.3 Å². The lowest BCUT2D eigenvalue weighted by molar-refractivity contribution is 0.0979. The first kappa shape index (κ1) is 25.5. The first-order chi connectivity index (χ1) is 17.7. The SMILES string of the molecule is CC(C)NC(=O)OC1CC[C@H](c2cc(NC(=O)c3cc(C#Cc4cccc(O)c4C=O)nn3C)n[nH]2)C1. The lowest BCUT2D eigenvalue weighted by atomic mass is 10.0. The van der Waals surface area contributed by atoms with Crippen LogP contribution >= 0.6 is 0 Å². The van der Waals surface area contributed by atoms with Crippen LogP contribution in [0.4, 0.5) is 10.6 Å². The fourth-order valence-corrected chi connectivity index (χ4v) is 4.20. The number of alkyl carbamates (subject to hydrolysis) is 1. The number of nitrogens with zero attached hydrogens (tertiary/aromatic N) is 3. The van der Waals surface area contributed by atoms with Crippen molar-refractivity contribution >= 4 is 24.1 Å². The Morgan fingerprint density at radius 1 is 1.27 bits per heavy atom. The van der Waals surface area contributed by atoms with Crippen LogP contribution in [0.5, 0.6) is 5.75 Å². The largest absolute Gasteiger partial charge is 0.507 e. The van der Waals surface area contributed by atoms with Gasteiger partial charge in [0.05, 0.1) is 5.56 Å². The van der Waals surface area contributed by atoms with E-state index in [0.717, 1.165) is 18.5 Å². The molecule has 1 aliphatic rings. The maximum atomic E-state index is 12.8. The molecular weight excluding hydrogens is 476 g/mol. The molecule has 0 aliphatic heterocycles. The van der Waals surface area contributed by atoms with Gasteiger partial charge < -0.3 is 20.5 Å². The van der Waals surface area contributed by atoms with E-state index in [1.54, 1.807) is 25.2 Å². The van der Waals surface area contributed by atoms with Gasteiger partial charge in [0, 0.05) is 42.4 Å². The highest BCUT2D eigenvalue weighted by atomic mass is 16.6. The number of carbonyl (C=O) groups excluding carboxylic acids is 3. The Balaban J connectivity index is 1.38. The molecule has 3 aromatic rings. The van der Waals surface area contributed by atoms with Crippen molar-refractivity contribution in [1.29, 1.82) is 0 Å². The maximum Gasteiger partial charge on any atom is 0.407 e. The Kier molecular flexibility index (Phi) is 7.57. The normalized spacial score (nSPS) is 16.6. The van der Waals surface area contributed by atoms with Gasteiger partial charge in [-0.2, -0.15) is 10.2 Å². The number of aromatic amines is 1. The molecule has 2 atom stereocenters. The number of aryl methyl sites for hydroxylation is 1. The van der Waals surface area contributed by atoms with Crippen LogP contribution in [0.3, 0.4) is 0 Å². The summed E-state index contributed by atoms with van der Waals surface area (Å²) in [6.07, 6.45) is 2.23. The van der Waals surface area contributed by atoms with Gasteiger partial charge in [0.1, 0.15) is 23.2 Å². The number of phenolic OH excluding ortho intramolecular Hbond substituents is 1. The van der Waals surface area contributed by atoms with Crippen molar-refractivity contribution in [1.82, 2.24) is 25.3 Å². The predicted octanol–water partition coefficient (Wildman–Crippen LogP) is 3.08. The third kappa shape index (κ3) is 6.16. The highest BCUT2D eigenvalue weighted by Crippen LogP contribution is 2.35. The van der Waals surface area contributed by atoms with Crippen molar-refractivity contribution in [2.75, 3.05) is 5.32 Å². The van der Waals surface area contributed by atoms with Gasteiger partial charge >= 0.3 is 6.09 Å². The van der Waals surface area contributed by atoms with E-state index in [2.05, 4.69) is 37.8 Å². The summed E-state index contributed by atoms with van der Waals surface area (Å²) in [4.78, 5) is 35.9. The molecule has 0 bridgehead atoms. The summed E-state index contributed by atoms with van der Waals surface area (Å²) < 4.78 is 6.88. The van der Waals surface area contributed by atoms with Gasteiger partial charge in [-0.1, -0.05) is 12.0 Å². The molecule has 4 rings (SSSR count). The Morgan fingerprint density at radius 2 is 2.08 bits per heavy atom. The van der Waals surface area contributed by atoms with Crippen molar-refractivity contribution in [2.24, 2.45) is 7.05 Å². The Hall–Kier alpha value is -4.59. The van der Waals surface area contributed by atoms with Crippen molar-refractivity contribution in [3.63, 3.8) is 0 Å². The van der Waals surface area contributed by atoms with E-state index < -0.39 is 12.0 Å². The minimum atomic E-state index is -0.412. The number of H-pyrrole nitrogens is 1. The average molecular weight is 505 g/mol. The monoisotopic (exact) mass is 504 g/mol. The minimum Gasteiger partial charge on any atom is -0.507 e. The van der Waals surface area contributed by atoms with Gasteiger partial charge in [-0.15, -0.1) is 0 Å². The zero-order valence-electron chi connectivity index (χ0n) is 20.7. The number of hydrogen-bond acceptors (Lipinski definition) is 7. The molecule has 1 saturated carbocycles. The molecule has 1 fully saturated rings. The number of amides is 2. The molecular formula is C26H28N6O5. The van der Waals surface area contributed by atoms with E-state index in [9.17, 15) is 19.5 Å². The Morgan fingerprint density at radius 3 is 2.84 bits per heavy atom. The lowest BCUT2D eigenvalue weighted by Crippen LogP contribution is -2.33. The average Bonchev–Trinajstić information content (AvgIpc) is 3.57. The number of carbonyl (C=O) groups is 3. The van der Waals surface area contributed by atoms with Gasteiger partial charge in [0.25, 0.3) is 5.91 Å². The van der Waals surface area contributed by atoms with Crippen LogP contribution in [0.2, 0.25) is 0 Å². The van der Waals surface area contributed by atoms with Crippen LogP contribution in [-0.2, 0) is 11.8 Å². The molecule has 2 aromatic heterocycles.